The number of nitrogens with zero attached hydrogens (tertiary/aromatic N) is 2. The highest BCUT2D eigenvalue weighted by Gasteiger charge is 2.78. The van der Waals surface area contributed by atoms with Gasteiger partial charge in [0.2, 0.25) is 11.8 Å². The molecule has 0 aromatic carbocycles. The lowest BCUT2D eigenvalue weighted by molar-refractivity contribution is -0.155. The molecule has 0 radical (unpaired) electrons. The molecule has 2 unspecified atom stereocenters. The SMILES string of the molecule is C=CCOC(=O)[C@@H]1[C@H]2C(=O)N([C@@H](CO)[C@@H](C)CC)C(C(=O)N(CC=C)C3CCCCC3)C23CC[C@@]1(C)S3. The summed E-state index contributed by atoms with van der Waals surface area (Å²) in [5, 5.41) is 10.5. The van der Waals surface area contributed by atoms with Gasteiger partial charge in [0, 0.05) is 17.3 Å². The van der Waals surface area contributed by atoms with Crippen molar-refractivity contribution in [1.29, 1.82) is 0 Å². The molecule has 0 aromatic heterocycles. The fourth-order valence-corrected chi connectivity index (χ4v) is 9.84. The van der Waals surface area contributed by atoms with E-state index in [1.165, 1.54) is 12.5 Å². The zero-order valence-electron chi connectivity index (χ0n) is 22.7. The van der Waals surface area contributed by atoms with E-state index in [0.29, 0.717) is 13.0 Å². The zero-order valence-corrected chi connectivity index (χ0v) is 23.5. The second kappa shape index (κ2) is 11.1. The van der Waals surface area contributed by atoms with E-state index < -0.39 is 33.4 Å². The van der Waals surface area contributed by atoms with Gasteiger partial charge in [0.25, 0.3) is 0 Å². The van der Waals surface area contributed by atoms with E-state index in [-0.39, 0.29) is 43.0 Å². The highest BCUT2D eigenvalue weighted by molar-refractivity contribution is 8.02. The highest BCUT2D eigenvalue weighted by Crippen LogP contribution is 2.72. The van der Waals surface area contributed by atoms with E-state index >= 15 is 0 Å². The number of aliphatic hydroxyl groups is 1. The Bertz CT molecular complexity index is 920. The molecule has 206 valence electrons. The Kier molecular flexibility index (Phi) is 8.49. The largest absolute Gasteiger partial charge is 0.461 e. The average molecular weight is 533 g/mol. The fraction of sp³-hybridized carbons (Fsp3) is 0.759. The average Bonchev–Trinajstić information content (AvgIpc) is 3.47. The number of carbonyl (C=O) groups excluding carboxylic acids is 3. The van der Waals surface area contributed by atoms with Gasteiger partial charge in [-0.15, -0.1) is 18.3 Å². The molecule has 4 rings (SSSR count). The van der Waals surface area contributed by atoms with Gasteiger partial charge in [-0.2, -0.15) is 0 Å². The summed E-state index contributed by atoms with van der Waals surface area (Å²) in [7, 11) is 0. The maximum absolute atomic E-state index is 14.7. The van der Waals surface area contributed by atoms with Crippen molar-refractivity contribution in [1.82, 2.24) is 9.80 Å². The summed E-state index contributed by atoms with van der Waals surface area (Å²) in [5.74, 6) is -1.89. The van der Waals surface area contributed by atoms with Crippen LogP contribution in [0.25, 0.3) is 0 Å². The molecular formula is C29H44N2O5S. The van der Waals surface area contributed by atoms with Crippen molar-refractivity contribution in [3.05, 3.63) is 25.3 Å². The van der Waals surface area contributed by atoms with Gasteiger partial charge in [-0.1, -0.05) is 58.3 Å². The number of aliphatic hydroxyl groups excluding tert-OH is 1. The minimum absolute atomic E-state index is 0.00552. The normalized spacial score (nSPS) is 34.6. The Morgan fingerprint density at radius 2 is 1.95 bits per heavy atom. The standard InChI is InChI=1S/C29H44N2O5S/c1-6-16-30(20-12-10-9-11-13-20)26(34)24-29-15-14-28(5,37-29)23(27(35)36-17-7-2)22(29)25(33)31(24)21(18-32)19(4)8-3/h6-7,19-24,32H,1-2,8-18H2,3-5H3/t19-,21-,22-,23-,24?,28+,29?/m0/s1. The van der Waals surface area contributed by atoms with Crippen LogP contribution in [0.15, 0.2) is 25.3 Å². The van der Waals surface area contributed by atoms with E-state index in [0.717, 1.165) is 38.5 Å². The molecule has 7 atom stereocenters. The highest BCUT2D eigenvalue weighted by atomic mass is 32.2. The first-order valence-corrected chi connectivity index (χ1v) is 14.8. The molecule has 2 bridgehead atoms. The van der Waals surface area contributed by atoms with E-state index in [1.54, 1.807) is 22.7 Å². The van der Waals surface area contributed by atoms with Crippen LogP contribution in [-0.2, 0) is 19.1 Å². The van der Waals surface area contributed by atoms with Gasteiger partial charge in [-0.05, 0) is 38.5 Å². The van der Waals surface area contributed by atoms with Crippen LogP contribution in [0.3, 0.4) is 0 Å². The third-order valence-corrected chi connectivity index (χ3v) is 11.5. The Morgan fingerprint density at radius 1 is 1.24 bits per heavy atom. The molecule has 1 N–H and O–H groups in total. The third-order valence-electron chi connectivity index (χ3n) is 9.52. The van der Waals surface area contributed by atoms with Crippen LogP contribution < -0.4 is 0 Å². The fourth-order valence-electron chi connectivity index (χ4n) is 7.51. The number of esters is 1. The Labute approximate surface area is 226 Å². The van der Waals surface area contributed by atoms with Crippen LogP contribution in [-0.4, -0.2) is 80.1 Å². The summed E-state index contributed by atoms with van der Waals surface area (Å²) in [6.07, 6.45) is 10.8. The molecule has 3 saturated heterocycles. The number of hydrogen-bond donors (Lipinski definition) is 1. The van der Waals surface area contributed by atoms with Crippen molar-refractivity contribution in [2.45, 2.75) is 99.8 Å². The lowest BCUT2D eigenvalue weighted by Gasteiger charge is -2.43. The summed E-state index contributed by atoms with van der Waals surface area (Å²) in [5.41, 5.74) is 0. The van der Waals surface area contributed by atoms with Crippen molar-refractivity contribution in [3.63, 3.8) is 0 Å². The smallest absolute Gasteiger partial charge is 0.311 e. The molecule has 1 aliphatic carbocycles. The zero-order chi connectivity index (χ0) is 27.0. The number of ether oxygens (including phenoxy) is 1. The lowest BCUT2D eigenvalue weighted by atomic mass is 9.66. The van der Waals surface area contributed by atoms with Gasteiger partial charge < -0.3 is 19.6 Å². The second-order valence-electron chi connectivity index (χ2n) is 11.6. The van der Waals surface area contributed by atoms with Crippen LogP contribution >= 0.6 is 11.8 Å². The first kappa shape index (κ1) is 28.2. The quantitative estimate of drug-likeness (QED) is 0.320. The van der Waals surface area contributed by atoms with Gasteiger partial charge in [0.1, 0.15) is 12.6 Å². The second-order valence-corrected chi connectivity index (χ2v) is 13.5. The summed E-state index contributed by atoms with van der Waals surface area (Å²) in [4.78, 5) is 46.0. The predicted molar refractivity (Wildman–Crippen MR) is 146 cm³/mol. The van der Waals surface area contributed by atoms with Crippen molar-refractivity contribution in [3.8, 4) is 0 Å². The number of likely N-dealkylation sites (tertiary alicyclic amines) is 1. The van der Waals surface area contributed by atoms with E-state index in [1.807, 2.05) is 25.7 Å². The van der Waals surface area contributed by atoms with Gasteiger partial charge in [0.15, 0.2) is 0 Å². The van der Waals surface area contributed by atoms with E-state index in [4.69, 9.17) is 4.74 Å². The molecule has 4 aliphatic rings. The summed E-state index contributed by atoms with van der Waals surface area (Å²) < 4.78 is 4.33. The third kappa shape index (κ3) is 4.56. The molecule has 4 fully saturated rings. The maximum Gasteiger partial charge on any atom is 0.311 e. The van der Waals surface area contributed by atoms with E-state index in [9.17, 15) is 19.5 Å². The van der Waals surface area contributed by atoms with E-state index in [2.05, 4.69) is 13.2 Å². The summed E-state index contributed by atoms with van der Waals surface area (Å²) in [6.45, 7) is 14.0. The Morgan fingerprint density at radius 3 is 2.54 bits per heavy atom. The van der Waals surface area contributed by atoms with Crippen molar-refractivity contribution >= 4 is 29.5 Å². The Hall–Kier alpha value is -1.80. The molecule has 37 heavy (non-hydrogen) atoms. The van der Waals surface area contributed by atoms with Gasteiger partial charge in [-0.3, -0.25) is 14.4 Å². The molecule has 8 heteroatoms. The number of carbonyl (C=O) groups is 3. The lowest BCUT2D eigenvalue weighted by Crippen LogP contribution is -2.60. The molecule has 0 aromatic rings. The molecule has 2 amide bonds. The molecule has 3 aliphatic heterocycles. The number of fused-ring (bicyclic) bond motifs is 1. The minimum Gasteiger partial charge on any atom is -0.461 e. The monoisotopic (exact) mass is 532 g/mol. The first-order valence-electron chi connectivity index (χ1n) is 14.0. The predicted octanol–water partition coefficient (Wildman–Crippen LogP) is 3.95. The molecule has 1 spiro atoms. The van der Waals surface area contributed by atoms with Crippen LogP contribution in [0, 0.1) is 17.8 Å². The van der Waals surface area contributed by atoms with Crippen molar-refractivity contribution < 1.29 is 24.2 Å². The van der Waals surface area contributed by atoms with Gasteiger partial charge in [-0.25, -0.2) is 0 Å². The summed E-state index contributed by atoms with van der Waals surface area (Å²) >= 11 is 1.65. The number of hydrogen-bond acceptors (Lipinski definition) is 6. The molecule has 1 saturated carbocycles. The minimum atomic E-state index is -0.720. The van der Waals surface area contributed by atoms with Crippen LogP contribution in [0.1, 0.15) is 72.1 Å². The van der Waals surface area contributed by atoms with Crippen LogP contribution in [0.2, 0.25) is 0 Å². The Balaban J connectivity index is 1.81. The van der Waals surface area contributed by atoms with Crippen LogP contribution in [0.4, 0.5) is 0 Å². The van der Waals surface area contributed by atoms with Gasteiger partial charge in [0.05, 0.1) is 29.2 Å². The topological polar surface area (TPSA) is 87.1 Å². The van der Waals surface area contributed by atoms with Gasteiger partial charge >= 0.3 is 5.97 Å². The maximum atomic E-state index is 14.7. The molecule has 3 heterocycles. The number of amides is 2. The van der Waals surface area contributed by atoms with Crippen molar-refractivity contribution in [2.24, 2.45) is 17.8 Å². The number of rotatable bonds is 11. The molecule has 7 nitrogen and oxygen atoms in total. The molecular weight excluding hydrogens is 488 g/mol. The first-order chi connectivity index (χ1) is 17.7. The number of thioether (sulfide) groups is 1. The summed E-state index contributed by atoms with van der Waals surface area (Å²) in [6, 6.07) is -1.09. The van der Waals surface area contributed by atoms with Crippen molar-refractivity contribution in [2.75, 3.05) is 19.8 Å². The van der Waals surface area contributed by atoms with Crippen LogP contribution in [0.5, 0.6) is 0 Å².